The van der Waals surface area contributed by atoms with Crippen LogP contribution < -0.4 is 10.6 Å². The first-order valence-corrected chi connectivity index (χ1v) is 8.97. The number of nitrogens with zero attached hydrogens (tertiary/aromatic N) is 1. The average Bonchev–Trinajstić information content (AvgIpc) is 3.08. The van der Waals surface area contributed by atoms with Gasteiger partial charge in [0, 0.05) is 13.1 Å². The Hall–Kier alpha value is -1.19. The second kappa shape index (κ2) is 10.7. The van der Waals surface area contributed by atoms with Gasteiger partial charge in [-0.05, 0) is 60.4 Å². The summed E-state index contributed by atoms with van der Waals surface area (Å²) in [5.41, 5.74) is 0.806. The number of hydrogen-bond acceptors (Lipinski definition) is 3. The highest BCUT2D eigenvalue weighted by Crippen LogP contribution is 2.23. The summed E-state index contributed by atoms with van der Waals surface area (Å²) >= 11 is 1.55. The van der Waals surface area contributed by atoms with E-state index >= 15 is 0 Å². The number of rotatable bonds is 7. The fraction of sp³-hybridized carbons (Fsp3) is 0.389. The van der Waals surface area contributed by atoms with Crippen LogP contribution in [0.1, 0.15) is 25.0 Å². The number of aliphatic imine (C=N–C) groups is 1. The first-order chi connectivity index (χ1) is 11.5. The number of nitrogens with one attached hydrogen (secondary N) is 2. The van der Waals surface area contributed by atoms with Crippen molar-refractivity contribution in [2.45, 2.75) is 25.9 Å². The smallest absolute Gasteiger partial charge is 0.191 e. The number of thiophene rings is 1. The summed E-state index contributed by atoms with van der Waals surface area (Å²) in [5, 5.41) is 20.8. The molecule has 0 amide bonds. The molecule has 138 valence electrons. The van der Waals surface area contributed by atoms with Crippen LogP contribution in [0.4, 0.5) is 4.39 Å². The molecule has 0 aliphatic carbocycles. The summed E-state index contributed by atoms with van der Waals surface area (Å²) in [6, 6.07) is 8.49. The predicted octanol–water partition coefficient (Wildman–Crippen LogP) is 3.51. The normalized spacial score (nSPS) is 13.7. The Morgan fingerprint density at radius 1 is 1.32 bits per heavy atom. The van der Waals surface area contributed by atoms with Crippen molar-refractivity contribution < 1.29 is 9.50 Å². The molecule has 0 saturated carbocycles. The Labute approximate surface area is 169 Å². The lowest BCUT2D eigenvalue weighted by atomic mass is 10.00. The highest BCUT2D eigenvalue weighted by Gasteiger charge is 2.23. The first kappa shape index (κ1) is 21.9. The van der Waals surface area contributed by atoms with E-state index in [4.69, 9.17) is 0 Å². The summed E-state index contributed by atoms with van der Waals surface area (Å²) in [7, 11) is 0. The second-order valence-electron chi connectivity index (χ2n) is 5.79. The van der Waals surface area contributed by atoms with Crippen LogP contribution in [0.25, 0.3) is 0 Å². The molecule has 1 unspecified atom stereocenters. The summed E-state index contributed by atoms with van der Waals surface area (Å²) in [6.07, 6.45) is 0.698. The van der Waals surface area contributed by atoms with E-state index in [0.29, 0.717) is 18.9 Å². The van der Waals surface area contributed by atoms with Gasteiger partial charge in [-0.1, -0.05) is 12.1 Å². The summed E-state index contributed by atoms with van der Waals surface area (Å²) in [4.78, 5) is 4.46. The van der Waals surface area contributed by atoms with Crippen LogP contribution in [-0.4, -0.2) is 30.7 Å². The third-order valence-corrected chi connectivity index (χ3v) is 4.31. The molecular weight excluding hydrogens is 452 g/mol. The number of benzene rings is 1. The third kappa shape index (κ3) is 7.29. The maximum atomic E-state index is 13.2. The van der Waals surface area contributed by atoms with Crippen LogP contribution in [0, 0.1) is 5.82 Å². The van der Waals surface area contributed by atoms with Crippen LogP contribution in [0.3, 0.4) is 0 Å². The van der Waals surface area contributed by atoms with Gasteiger partial charge in [0.1, 0.15) is 11.4 Å². The SMILES string of the molecule is CCNC(=NCC(C)(O)c1ccsc1)NCCc1cccc(F)c1.I. The second-order valence-corrected chi connectivity index (χ2v) is 6.57. The zero-order valence-corrected chi connectivity index (χ0v) is 17.6. The van der Waals surface area contributed by atoms with E-state index in [2.05, 4.69) is 15.6 Å². The molecular formula is C18H25FIN3OS. The number of hydrogen-bond donors (Lipinski definition) is 3. The third-order valence-electron chi connectivity index (χ3n) is 3.63. The molecule has 0 radical (unpaired) electrons. The molecule has 1 heterocycles. The molecule has 7 heteroatoms. The highest BCUT2D eigenvalue weighted by atomic mass is 127. The molecule has 0 spiro atoms. The van der Waals surface area contributed by atoms with E-state index in [9.17, 15) is 9.50 Å². The Morgan fingerprint density at radius 3 is 2.76 bits per heavy atom. The molecule has 1 atom stereocenters. The molecule has 1 aromatic carbocycles. The van der Waals surface area contributed by atoms with Crippen molar-refractivity contribution in [2.24, 2.45) is 4.99 Å². The van der Waals surface area contributed by atoms with Crippen molar-refractivity contribution in [1.29, 1.82) is 0 Å². The Balaban J connectivity index is 0.00000312. The minimum atomic E-state index is -0.995. The summed E-state index contributed by atoms with van der Waals surface area (Å²) in [5.74, 6) is 0.421. The standard InChI is InChI=1S/C18H24FN3OS.HI/c1-3-20-17(21-9-7-14-5-4-6-16(19)11-14)22-13-18(2,23)15-8-10-24-12-15;/h4-6,8,10-12,23H,3,7,9,13H2,1-2H3,(H2,20,21,22);1H. The maximum Gasteiger partial charge on any atom is 0.191 e. The zero-order valence-electron chi connectivity index (χ0n) is 14.5. The largest absolute Gasteiger partial charge is 0.383 e. The van der Waals surface area contributed by atoms with Gasteiger partial charge >= 0.3 is 0 Å². The first-order valence-electron chi connectivity index (χ1n) is 8.03. The highest BCUT2D eigenvalue weighted by molar-refractivity contribution is 14.0. The van der Waals surface area contributed by atoms with Gasteiger partial charge in [-0.3, -0.25) is 0 Å². The minimum absolute atomic E-state index is 0. The average molecular weight is 477 g/mol. The van der Waals surface area contributed by atoms with E-state index < -0.39 is 5.60 Å². The van der Waals surface area contributed by atoms with Crippen LogP contribution >= 0.6 is 35.3 Å². The van der Waals surface area contributed by atoms with E-state index in [1.165, 1.54) is 12.1 Å². The van der Waals surface area contributed by atoms with Gasteiger partial charge in [-0.25, -0.2) is 9.38 Å². The van der Waals surface area contributed by atoms with Gasteiger partial charge in [-0.15, -0.1) is 24.0 Å². The monoisotopic (exact) mass is 477 g/mol. The van der Waals surface area contributed by atoms with Gasteiger partial charge in [0.05, 0.1) is 6.54 Å². The van der Waals surface area contributed by atoms with E-state index in [-0.39, 0.29) is 36.3 Å². The number of aliphatic hydroxyl groups is 1. The van der Waals surface area contributed by atoms with Gasteiger partial charge < -0.3 is 15.7 Å². The molecule has 3 N–H and O–H groups in total. The maximum absolute atomic E-state index is 13.2. The predicted molar refractivity (Wildman–Crippen MR) is 113 cm³/mol. The fourth-order valence-electron chi connectivity index (χ4n) is 2.25. The minimum Gasteiger partial charge on any atom is -0.383 e. The summed E-state index contributed by atoms with van der Waals surface area (Å²) in [6.45, 7) is 5.37. The molecule has 0 aliphatic heterocycles. The van der Waals surface area contributed by atoms with Crippen LogP contribution in [0.2, 0.25) is 0 Å². The van der Waals surface area contributed by atoms with E-state index in [1.807, 2.05) is 29.8 Å². The van der Waals surface area contributed by atoms with Gasteiger partial charge in [0.15, 0.2) is 5.96 Å². The zero-order chi connectivity index (χ0) is 17.4. The van der Waals surface area contributed by atoms with Crippen molar-refractivity contribution in [1.82, 2.24) is 10.6 Å². The van der Waals surface area contributed by atoms with Gasteiger partial charge in [0.25, 0.3) is 0 Å². The molecule has 0 aliphatic rings. The summed E-state index contributed by atoms with van der Waals surface area (Å²) < 4.78 is 13.2. The van der Waals surface area contributed by atoms with E-state index in [0.717, 1.165) is 17.7 Å². The van der Waals surface area contributed by atoms with Crippen LogP contribution in [-0.2, 0) is 12.0 Å². The Morgan fingerprint density at radius 2 is 2.12 bits per heavy atom. The molecule has 1 aromatic heterocycles. The molecule has 4 nitrogen and oxygen atoms in total. The number of guanidine groups is 1. The molecule has 0 saturated heterocycles. The number of halogens is 2. The van der Waals surface area contributed by atoms with Crippen molar-refractivity contribution >= 4 is 41.3 Å². The van der Waals surface area contributed by atoms with Crippen LogP contribution in [0.15, 0.2) is 46.1 Å². The Bertz CT molecular complexity index is 662. The molecule has 2 aromatic rings. The van der Waals surface area contributed by atoms with Crippen molar-refractivity contribution in [3.8, 4) is 0 Å². The van der Waals surface area contributed by atoms with Gasteiger partial charge in [0.2, 0.25) is 0 Å². The quantitative estimate of drug-likeness (QED) is 0.325. The molecule has 0 fully saturated rings. The van der Waals surface area contributed by atoms with E-state index in [1.54, 1.807) is 24.3 Å². The molecule has 0 bridgehead atoms. The lowest BCUT2D eigenvalue weighted by Gasteiger charge is -2.21. The lowest BCUT2D eigenvalue weighted by molar-refractivity contribution is 0.0677. The van der Waals surface area contributed by atoms with Gasteiger partial charge in [-0.2, -0.15) is 11.3 Å². The van der Waals surface area contributed by atoms with Crippen LogP contribution in [0.5, 0.6) is 0 Å². The Kier molecular flexibility index (Phi) is 9.37. The lowest BCUT2D eigenvalue weighted by Crippen LogP contribution is -2.39. The van der Waals surface area contributed by atoms with Crippen molar-refractivity contribution in [2.75, 3.05) is 19.6 Å². The molecule has 2 rings (SSSR count). The molecule has 25 heavy (non-hydrogen) atoms. The topological polar surface area (TPSA) is 56.7 Å². The van der Waals surface area contributed by atoms with Crippen molar-refractivity contribution in [3.63, 3.8) is 0 Å². The van der Waals surface area contributed by atoms with Crippen molar-refractivity contribution in [3.05, 3.63) is 58.0 Å². The fourth-order valence-corrected chi connectivity index (χ4v) is 3.04.